The number of hydrogen-bond acceptors (Lipinski definition) is 26. The summed E-state index contributed by atoms with van der Waals surface area (Å²) in [6.45, 7) is 32.7. The number of ether oxygens (including phenoxy) is 10. The van der Waals surface area contributed by atoms with Crippen LogP contribution in [-0.4, -0.2) is 206 Å². The van der Waals surface area contributed by atoms with Crippen molar-refractivity contribution in [3.63, 3.8) is 0 Å². The molecule has 4 aliphatic carbocycles. The fourth-order valence-corrected chi connectivity index (χ4v) is 25.1. The second-order valence-corrected chi connectivity index (χ2v) is 38.6. The van der Waals surface area contributed by atoms with Gasteiger partial charge in [0.25, 0.3) is 6.47 Å². The summed E-state index contributed by atoms with van der Waals surface area (Å²) >= 11 is 3.22. The molecule has 28 atom stereocenters. The molecular weight excluding hydrogens is 1680 g/mol. The minimum Gasteiger partial charge on any atom is -1.00 e. The first-order valence-electron chi connectivity index (χ1n) is 43.0. The topological polar surface area (TPSA) is 261 Å². The number of fused-ring (bicyclic) bond motifs is 8. The van der Waals surface area contributed by atoms with Crippen molar-refractivity contribution in [3.8, 4) is 6.07 Å². The van der Waals surface area contributed by atoms with Gasteiger partial charge in [0.15, 0.2) is 46.6 Å². The van der Waals surface area contributed by atoms with E-state index in [1.54, 1.807) is 19.9 Å². The molecule has 22 rings (SSSR count). The van der Waals surface area contributed by atoms with Gasteiger partial charge in [-0.1, -0.05) is 57.5 Å². The summed E-state index contributed by atoms with van der Waals surface area (Å²) in [5, 5.41) is 19.3. The summed E-state index contributed by atoms with van der Waals surface area (Å²) in [5.41, 5.74) is -2.78. The van der Waals surface area contributed by atoms with E-state index >= 15 is 0 Å². The molecule has 0 aromatic carbocycles. The minimum atomic E-state index is -4.64. The average molecular weight is 1800 g/mol. The molecule has 20 fully saturated rings. The van der Waals surface area contributed by atoms with E-state index in [9.17, 15) is 26.3 Å². The summed E-state index contributed by atoms with van der Waals surface area (Å²) in [7, 11) is 4.33. The molecule has 22 aliphatic rings. The zero-order chi connectivity index (χ0) is 83.4. The van der Waals surface area contributed by atoms with Gasteiger partial charge in [-0.3, -0.25) is 9.69 Å². The summed E-state index contributed by atoms with van der Waals surface area (Å²) < 4.78 is 148. The van der Waals surface area contributed by atoms with Crippen LogP contribution in [0.3, 0.4) is 0 Å². The van der Waals surface area contributed by atoms with Crippen LogP contribution in [0.15, 0.2) is 22.7 Å². The molecule has 662 valence electrons. The molecular formula is C83H128BrF6K2N5O21. The fourth-order valence-electron chi connectivity index (χ4n) is 24.4. The number of nitrogens with zero attached hydrogens (tertiary/aromatic N) is 4. The normalized spacial score (nSPS) is 46.4. The first-order valence-corrected chi connectivity index (χ1v) is 44.1. The number of allylic oxidation sites excluding steroid dienone is 2. The number of nitriles is 1. The number of carbonyl (C=O) groups excluding carboxylic acids is 1. The van der Waals surface area contributed by atoms with Gasteiger partial charge in [-0.05, 0) is 231 Å². The SMILES string of the molecule is CC#N.C[C@@H]1CC[C@H]2C(CBr)=C(C(F)(F)F)O[C@@H]3O[C@]4(C)CC[C@@H]1[C@]32OO4.C[C@@H]1CC[C@H]2[C@@H](C)[C@@](C)(OCCN(C)C3CCN(CC4=C(C(F)(F)F)O[C@@H]5O[C@]6(C)CC[C@H]7[C@H](C)CC[C@@H]4[C@@]57OO6)CC3)O[C@@H]3O[C@@]4(C)CC[C@@H]1[C@]32OO4.C[C@@H]1CC[C@H]2[C@@H](C)[C@@](C)(OCCN(C)C3CCNCC3)O[C@@H]3O[C@@]4(C)CC[C@@H]1[C@]32OO4.O=CO[O-].[H-].[K+].[K+]. The predicted molar refractivity (Wildman–Crippen MR) is 403 cm³/mol. The van der Waals surface area contributed by atoms with E-state index in [1.807, 2.05) is 20.8 Å². The van der Waals surface area contributed by atoms with Crippen molar-refractivity contribution in [2.45, 2.75) is 325 Å². The van der Waals surface area contributed by atoms with E-state index in [0.29, 0.717) is 100 Å². The van der Waals surface area contributed by atoms with E-state index in [4.69, 9.17) is 102 Å². The summed E-state index contributed by atoms with van der Waals surface area (Å²) in [5.74, 6) is -5.05. The Morgan fingerprint density at radius 2 is 0.839 bits per heavy atom. The Kier molecular flexibility index (Phi) is 31.2. The summed E-state index contributed by atoms with van der Waals surface area (Å²) in [6, 6.07) is 2.67. The Morgan fingerprint density at radius 3 is 1.20 bits per heavy atom. The van der Waals surface area contributed by atoms with Crippen LogP contribution in [0.1, 0.15) is 220 Å². The van der Waals surface area contributed by atoms with Crippen molar-refractivity contribution in [3.05, 3.63) is 22.7 Å². The number of hydrogen-bond donors (Lipinski definition) is 1. The third-order valence-electron chi connectivity index (χ3n) is 31.3. The number of alkyl halides is 7. The van der Waals surface area contributed by atoms with Crippen molar-refractivity contribution < 1.29 is 232 Å². The molecule has 35 heteroatoms. The molecule has 4 spiro atoms. The number of nitrogens with one attached hydrogen (secondary N) is 1. The van der Waals surface area contributed by atoms with Gasteiger partial charge >= 0.3 is 115 Å². The molecule has 16 saturated heterocycles. The van der Waals surface area contributed by atoms with Crippen molar-refractivity contribution in [1.82, 2.24) is 20.0 Å². The van der Waals surface area contributed by atoms with E-state index in [1.165, 1.54) is 26.2 Å². The Bertz CT molecular complexity index is 3570. The molecule has 0 aromatic heterocycles. The maximum Gasteiger partial charge on any atom is 1.00 e. The number of piperidine rings is 2. The number of halogens is 7. The second-order valence-electron chi connectivity index (χ2n) is 38.0. The first kappa shape index (κ1) is 97.6. The molecule has 0 radical (unpaired) electrons. The van der Waals surface area contributed by atoms with Crippen molar-refractivity contribution in [2.24, 2.45) is 82.9 Å². The molecule has 18 heterocycles. The van der Waals surface area contributed by atoms with Crippen LogP contribution in [0, 0.1) is 94.2 Å². The maximum absolute atomic E-state index is 14.8. The zero-order valence-electron chi connectivity index (χ0n) is 73.3. The van der Waals surface area contributed by atoms with Gasteiger partial charge in [0.2, 0.25) is 47.2 Å². The van der Waals surface area contributed by atoms with Gasteiger partial charge in [-0.25, -0.2) is 39.1 Å². The van der Waals surface area contributed by atoms with Crippen LogP contribution in [0.5, 0.6) is 0 Å². The van der Waals surface area contributed by atoms with Gasteiger partial charge in [-0.2, -0.15) is 31.6 Å². The largest absolute Gasteiger partial charge is 1.00 e. The van der Waals surface area contributed by atoms with E-state index in [2.05, 4.69) is 103 Å². The van der Waals surface area contributed by atoms with Gasteiger partial charge in [0.05, 0.1) is 19.3 Å². The summed E-state index contributed by atoms with van der Waals surface area (Å²) in [4.78, 5) is 66.1. The summed E-state index contributed by atoms with van der Waals surface area (Å²) in [6.07, 6.45) is 5.20. The first-order chi connectivity index (χ1) is 54.8. The molecule has 8 bridgehead atoms. The third kappa shape index (κ3) is 18.1. The van der Waals surface area contributed by atoms with E-state index in [0.717, 1.165) is 103 Å². The van der Waals surface area contributed by atoms with Gasteiger partial charge in [0.1, 0.15) is 0 Å². The van der Waals surface area contributed by atoms with E-state index < -0.39 is 118 Å². The van der Waals surface area contributed by atoms with Crippen molar-refractivity contribution >= 4 is 22.4 Å². The molecule has 0 unspecified atom stereocenters. The van der Waals surface area contributed by atoms with Gasteiger partial charge in [-0.15, -0.1) is 0 Å². The predicted octanol–water partition coefficient (Wildman–Crippen LogP) is 7.87. The van der Waals surface area contributed by atoms with Crippen LogP contribution in [0.4, 0.5) is 26.3 Å². The Hall–Kier alpha value is 0.533. The van der Waals surface area contributed by atoms with Crippen molar-refractivity contribution in [1.29, 1.82) is 5.26 Å². The Labute approximate surface area is 786 Å². The fraction of sp³-hybridized carbons (Fsp3) is 0.928. The third-order valence-corrected chi connectivity index (χ3v) is 31.9. The second kappa shape index (κ2) is 37.8. The maximum atomic E-state index is 14.8. The molecule has 0 amide bonds. The average Bonchev–Trinajstić information content (AvgIpc) is 1.68. The molecule has 118 heavy (non-hydrogen) atoms. The Balaban J connectivity index is 0.000000181. The Morgan fingerprint density at radius 1 is 0.508 bits per heavy atom. The quantitative estimate of drug-likeness (QED) is 0.0433. The molecule has 1 N–H and O–H groups in total. The van der Waals surface area contributed by atoms with Crippen LogP contribution in [0.25, 0.3) is 0 Å². The molecule has 18 aliphatic heterocycles. The zero-order valence-corrected chi connectivity index (χ0v) is 80.2. The molecule has 4 saturated carbocycles. The van der Waals surface area contributed by atoms with Crippen LogP contribution in [-0.2, 0) is 96.2 Å². The number of likely N-dealkylation sites (N-methyl/N-ethyl adjacent to an activating group) is 2. The number of rotatable bonds is 14. The van der Waals surface area contributed by atoms with Crippen LogP contribution in [0.2, 0.25) is 0 Å². The van der Waals surface area contributed by atoms with Gasteiger partial charge in [0, 0.05) is 117 Å². The minimum absolute atomic E-state index is 0. The number of carbonyl (C=O) groups is 1. The standard InChI is InChI=1S/C40H61F3N2O9.C24H42N2O5.C16H20BrF3O4.C2H3N.CH2O3.2K.H/c1-23-8-10-30-25(3)37(6,50-34-38(30)28(23)12-17-36(5,49-34)52-53-38)46-21-20-44(7)26-14-18-45(19-15-26)22-27-31-11-9-24(2)29-13-16-35(4)48-33(39(29,31)54-51-35)47-32(27)40(41,42)43;1-16-6-7-20-17(2)23(4,27-15-14-26(5)18-9-12-25-13-10-18)29-21-24(20)19(16)8-11-22(3,28-21)30-31-24;1-8-3-4-11-9(7-17)12(16(18,19)20)21-13-15(11)10(8)5-6-14(2,22-13)23-24-15;1-2-3;2-1-4-3;;;/h23-26,28-31,33-34H,8-22H2,1-7H3;16-21,25H,6-15H2,1-5H3;8,10-11,13H,3-7H2,1-2H3;1H3;1,3H;;;/q;;;;;2*+1;-1/p-1/t23-,24-,25-,28+,29+,30+,31+,33-,34+,35+,36-,37+,38-,39-;16-,17-,19+,20+,21+,22-,23+,24-;8-,10+,11+,13-,14+,15-;;;;;/m111...../s1. The van der Waals surface area contributed by atoms with Crippen molar-refractivity contribution in [2.75, 3.05) is 78.5 Å². The smallest absolute Gasteiger partial charge is 1.00 e. The number of likely N-dealkylation sites (tertiary alicyclic amines) is 1. The van der Waals surface area contributed by atoms with Crippen LogP contribution < -0.4 is 113 Å². The monoisotopic (exact) mass is 1800 g/mol. The van der Waals surface area contributed by atoms with Gasteiger partial charge < -0.3 is 74.1 Å². The molecule has 26 nitrogen and oxygen atoms in total. The molecule has 0 aromatic rings. The van der Waals surface area contributed by atoms with E-state index in [-0.39, 0.29) is 175 Å². The van der Waals surface area contributed by atoms with Crippen LogP contribution >= 0.6 is 15.9 Å².